The van der Waals surface area contributed by atoms with E-state index in [1.54, 1.807) is 61.4 Å². The average molecular weight is 568 g/mol. The van der Waals surface area contributed by atoms with Crippen molar-refractivity contribution in [3.8, 4) is 5.75 Å². The number of cyclic esters (lactones) is 1. The predicted molar refractivity (Wildman–Crippen MR) is 148 cm³/mol. The Hall–Kier alpha value is -3.70. The maximum atomic E-state index is 14.4. The van der Waals surface area contributed by atoms with Gasteiger partial charge in [-0.2, -0.15) is 0 Å². The second-order valence-corrected chi connectivity index (χ2v) is 10.9. The van der Waals surface area contributed by atoms with Crippen LogP contribution < -0.4 is 15.0 Å². The van der Waals surface area contributed by atoms with Gasteiger partial charge in [0.25, 0.3) is 5.91 Å². The molecule has 1 spiro atoms. The summed E-state index contributed by atoms with van der Waals surface area (Å²) in [6.07, 6.45) is 7.28. The van der Waals surface area contributed by atoms with Crippen molar-refractivity contribution in [1.29, 1.82) is 0 Å². The van der Waals surface area contributed by atoms with Crippen molar-refractivity contribution in [1.82, 2.24) is 10.2 Å². The van der Waals surface area contributed by atoms with Crippen molar-refractivity contribution in [2.24, 2.45) is 11.8 Å². The van der Waals surface area contributed by atoms with Crippen LogP contribution in [-0.2, 0) is 28.7 Å². The number of rotatable bonds is 6. The number of nitrogens with zero attached hydrogens (tertiary/aromatic N) is 2. The number of unbranched alkanes of at least 4 members (excludes halogenated alkanes) is 1. The summed E-state index contributed by atoms with van der Waals surface area (Å²) in [6.45, 7) is 2.27. The fourth-order valence-corrected chi connectivity index (χ4v) is 6.29. The molecule has 6 atom stereocenters. The summed E-state index contributed by atoms with van der Waals surface area (Å²) in [5, 5.41) is 12.2. The number of amides is 3. The minimum atomic E-state index is -1.40. The van der Waals surface area contributed by atoms with Crippen LogP contribution in [0.3, 0.4) is 0 Å². The fraction of sp³-hybridized carbons (Fsp3) is 0.533. The molecule has 2 fully saturated rings. The molecule has 41 heavy (non-hydrogen) atoms. The van der Waals surface area contributed by atoms with E-state index in [4.69, 9.17) is 14.2 Å². The van der Waals surface area contributed by atoms with Gasteiger partial charge in [-0.15, -0.1) is 0 Å². The monoisotopic (exact) mass is 567 g/mol. The van der Waals surface area contributed by atoms with Gasteiger partial charge >= 0.3 is 5.97 Å². The minimum Gasteiger partial charge on any atom is -0.497 e. The maximum Gasteiger partial charge on any atom is 0.313 e. The van der Waals surface area contributed by atoms with Crippen molar-refractivity contribution in [2.45, 2.75) is 56.5 Å². The fourth-order valence-electron chi connectivity index (χ4n) is 6.29. The first-order valence-corrected chi connectivity index (χ1v) is 14.2. The van der Waals surface area contributed by atoms with Crippen LogP contribution in [0.25, 0.3) is 0 Å². The van der Waals surface area contributed by atoms with Crippen LogP contribution in [-0.4, -0.2) is 90.9 Å². The molecule has 1 aromatic carbocycles. The lowest BCUT2D eigenvalue weighted by molar-refractivity contribution is -0.158. The van der Waals surface area contributed by atoms with Crippen LogP contribution in [0.2, 0.25) is 0 Å². The summed E-state index contributed by atoms with van der Waals surface area (Å²) >= 11 is 0. The first-order chi connectivity index (χ1) is 19.8. The van der Waals surface area contributed by atoms with Crippen molar-refractivity contribution >= 4 is 29.4 Å². The highest BCUT2D eigenvalue weighted by atomic mass is 16.6. The van der Waals surface area contributed by atoms with Gasteiger partial charge in [0.05, 0.1) is 25.7 Å². The summed E-state index contributed by atoms with van der Waals surface area (Å²) in [6, 6.07) is 6.07. The SMILES string of the molecule is COc1ccc(N2CC=C[C@]34O[C@@H]5/C=C\CCC(=O)NC[C@@H](C)OC(=O)[C@@H]5[C@H]3C(=O)N(CCCCO)[C@@H]4C2=O)cc1. The van der Waals surface area contributed by atoms with Crippen molar-refractivity contribution in [3.05, 3.63) is 48.6 Å². The summed E-state index contributed by atoms with van der Waals surface area (Å²) < 4.78 is 17.6. The van der Waals surface area contributed by atoms with Gasteiger partial charge in [-0.3, -0.25) is 19.2 Å². The van der Waals surface area contributed by atoms with Gasteiger partial charge < -0.3 is 34.4 Å². The lowest BCUT2D eigenvalue weighted by atomic mass is 9.78. The molecule has 11 nitrogen and oxygen atoms in total. The van der Waals surface area contributed by atoms with Crippen LogP contribution in [0.1, 0.15) is 32.6 Å². The predicted octanol–water partition coefficient (Wildman–Crippen LogP) is 1.35. The number of ether oxygens (including phenoxy) is 3. The molecule has 2 saturated heterocycles. The van der Waals surface area contributed by atoms with Gasteiger partial charge in [0, 0.05) is 31.8 Å². The smallest absolute Gasteiger partial charge is 0.313 e. The molecule has 2 N–H and O–H groups in total. The highest BCUT2D eigenvalue weighted by Gasteiger charge is 2.71. The van der Waals surface area contributed by atoms with Gasteiger partial charge in [-0.1, -0.05) is 24.3 Å². The Morgan fingerprint density at radius 2 is 1.88 bits per heavy atom. The molecule has 0 bridgehead atoms. The molecule has 4 aliphatic heterocycles. The Morgan fingerprint density at radius 1 is 1.10 bits per heavy atom. The Bertz CT molecular complexity index is 1230. The zero-order valence-corrected chi connectivity index (χ0v) is 23.4. The first-order valence-electron chi connectivity index (χ1n) is 14.2. The number of carbonyl (C=O) groups is 4. The second kappa shape index (κ2) is 12.0. The molecule has 0 radical (unpaired) electrons. The number of methoxy groups -OCH3 is 1. The van der Waals surface area contributed by atoms with Crippen molar-refractivity contribution in [3.63, 3.8) is 0 Å². The van der Waals surface area contributed by atoms with E-state index in [0.29, 0.717) is 30.7 Å². The van der Waals surface area contributed by atoms with Gasteiger partial charge in [-0.05, 0) is 50.5 Å². The molecule has 220 valence electrons. The van der Waals surface area contributed by atoms with Crippen LogP contribution >= 0.6 is 0 Å². The lowest BCUT2D eigenvalue weighted by Gasteiger charge is -2.35. The Labute approximate surface area is 239 Å². The molecule has 0 saturated carbocycles. The minimum absolute atomic E-state index is 0.0418. The van der Waals surface area contributed by atoms with Gasteiger partial charge in [0.1, 0.15) is 29.4 Å². The third kappa shape index (κ3) is 5.36. The normalized spacial score (nSPS) is 32.6. The van der Waals surface area contributed by atoms with E-state index in [2.05, 4.69) is 5.32 Å². The summed E-state index contributed by atoms with van der Waals surface area (Å²) in [5.41, 5.74) is -0.761. The number of anilines is 1. The van der Waals surface area contributed by atoms with E-state index in [1.165, 1.54) is 4.90 Å². The number of esters is 1. The van der Waals surface area contributed by atoms with Crippen LogP contribution in [0.5, 0.6) is 5.75 Å². The van der Waals surface area contributed by atoms with Gasteiger partial charge in [0.15, 0.2) is 0 Å². The van der Waals surface area contributed by atoms with Crippen LogP contribution in [0.4, 0.5) is 5.69 Å². The Balaban J connectivity index is 1.56. The Morgan fingerprint density at radius 3 is 2.61 bits per heavy atom. The highest BCUT2D eigenvalue weighted by Crippen LogP contribution is 2.53. The van der Waals surface area contributed by atoms with Gasteiger partial charge in [0.2, 0.25) is 11.8 Å². The van der Waals surface area contributed by atoms with E-state index < -0.39 is 41.7 Å². The third-order valence-corrected chi connectivity index (χ3v) is 8.23. The number of allylic oxidation sites excluding steroid dienone is 1. The second-order valence-electron chi connectivity index (χ2n) is 10.9. The zero-order valence-electron chi connectivity index (χ0n) is 23.4. The highest BCUT2D eigenvalue weighted by molar-refractivity contribution is 6.05. The summed E-state index contributed by atoms with van der Waals surface area (Å²) in [4.78, 5) is 57.5. The molecule has 0 aliphatic carbocycles. The first kappa shape index (κ1) is 28.8. The van der Waals surface area contributed by atoms with E-state index in [1.807, 2.05) is 6.08 Å². The van der Waals surface area contributed by atoms with E-state index in [-0.39, 0.29) is 50.4 Å². The number of nitrogens with one attached hydrogen (secondary N) is 1. The molecule has 4 aliphatic rings. The molecule has 3 amide bonds. The average Bonchev–Trinajstić information content (AvgIpc) is 3.34. The third-order valence-electron chi connectivity index (χ3n) is 8.23. The molecule has 11 heteroatoms. The molecule has 1 aromatic rings. The van der Waals surface area contributed by atoms with Crippen LogP contribution in [0.15, 0.2) is 48.6 Å². The number of hydrogen-bond acceptors (Lipinski definition) is 8. The molecule has 0 unspecified atom stereocenters. The van der Waals surface area contributed by atoms with E-state index in [9.17, 15) is 24.3 Å². The van der Waals surface area contributed by atoms with E-state index in [0.717, 1.165) is 0 Å². The number of hydrogen-bond donors (Lipinski definition) is 2. The zero-order chi connectivity index (χ0) is 29.1. The maximum absolute atomic E-state index is 14.4. The molecule has 5 rings (SSSR count). The van der Waals surface area contributed by atoms with E-state index >= 15 is 0 Å². The number of benzene rings is 1. The number of carbonyl (C=O) groups excluding carboxylic acids is 4. The number of aliphatic hydroxyl groups is 1. The topological polar surface area (TPSA) is 135 Å². The lowest BCUT2D eigenvalue weighted by Crippen LogP contribution is -2.55. The molecular weight excluding hydrogens is 530 g/mol. The standard InChI is InChI=1S/C30H37N3O8/c1-19-18-31-23(35)9-4-3-8-22-24(29(38)40-19)25-27(36)33(15-5-6-17-34)26-28(37)32(16-7-14-30(25,26)41-22)20-10-12-21(39-2)13-11-20/h3,7-8,10-14,19,22,24-26,34H,4-6,9,15-18H2,1-2H3,(H,31,35)/b8-3-/t19-,22-,24+,25+,26-,30+/m1/s1. The number of fused-ring (bicyclic) bond motifs is 2. The number of aliphatic hydroxyl groups excluding tert-OH is 1. The van der Waals surface area contributed by atoms with Crippen molar-refractivity contribution in [2.75, 3.05) is 38.3 Å². The largest absolute Gasteiger partial charge is 0.497 e. The molecule has 4 heterocycles. The molecular formula is C30H37N3O8. The summed E-state index contributed by atoms with van der Waals surface area (Å²) in [5.74, 6) is -2.75. The molecule has 0 aromatic heterocycles. The van der Waals surface area contributed by atoms with Crippen molar-refractivity contribution < 1.29 is 38.5 Å². The van der Waals surface area contributed by atoms with Crippen LogP contribution in [0, 0.1) is 11.8 Å². The summed E-state index contributed by atoms with van der Waals surface area (Å²) in [7, 11) is 1.57. The Kier molecular flexibility index (Phi) is 8.46. The quantitative estimate of drug-likeness (QED) is 0.299. The number of likely N-dealkylation sites (tertiary alicyclic amines) is 1. The van der Waals surface area contributed by atoms with Gasteiger partial charge in [-0.25, -0.2) is 0 Å².